The molecule has 4 heterocycles. The summed E-state index contributed by atoms with van der Waals surface area (Å²) in [4.78, 5) is 16.6. The molecule has 0 bridgehead atoms. The molecule has 0 aromatic carbocycles. The van der Waals surface area contributed by atoms with Gasteiger partial charge in [0.15, 0.2) is 0 Å². The van der Waals surface area contributed by atoms with Gasteiger partial charge in [0.2, 0.25) is 0 Å². The summed E-state index contributed by atoms with van der Waals surface area (Å²) < 4.78 is 9.07. The molecule has 31 heavy (non-hydrogen) atoms. The van der Waals surface area contributed by atoms with Crippen LogP contribution in [0.4, 0.5) is 10.5 Å². The van der Waals surface area contributed by atoms with Crippen LogP contribution in [-0.4, -0.2) is 61.7 Å². The van der Waals surface area contributed by atoms with Gasteiger partial charge in [-0.05, 0) is 33.8 Å². The van der Waals surface area contributed by atoms with Crippen molar-refractivity contribution in [2.45, 2.75) is 39.3 Å². The first kappa shape index (κ1) is 20.7. The molecule has 1 saturated heterocycles. The SMILES string of the molecule is CC1CN(c2cc(-c3cnn(C)c3)cn3ncc(C#N)c23)CCN1C(=O)OC(C)(C)C. The summed E-state index contributed by atoms with van der Waals surface area (Å²) in [7, 11) is 1.88. The van der Waals surface area contributed by atoms with E-state index in [2.05, 4.69) is 27.2 Å². The number of aryl methyl sites for hydroxylation is 1. The normalized spacial score (nSPS) is 17.1. The fourth-order valence-electron chi connectivity index (χ4n) is 3.92. The lowest BCUT2D eigenvalue weighted by Crippen LogP contribution is -2.55. The van der Waals surface area contributed by atoms with Crippen molar-refractivity contribution in [1.82, 2.24) is 24.3 Å². The summed E-state index contributed by atoms with van der Waals surface area (Å²) in [6, 6.07) is 4.28. The van der Waals surface area contributed by atoms with Gasteiger partial charge in [0.05, 0.1) is 23.6 Å². The summed E-state index contributed by atoms with van der Waals surface area (Å²) in [5.74, 6) is 0. The van der Waals surface area contributed by atoms with Crippen molar-refractivity contribution in [3.8, 4) is 17.2 Å². The molecule has 3 aromatic rings. The first-order valence-corrected chi connectivity index (χ1v) is 10.3. The highest BCUT2D eigenvalue weighted by atomic mass is 16.6. The lowest BCUT2D eigenvalue weighted by atomic mass is 10.1. The van der Waals surface area contributed by atoms with Crippen LogP contribution in [0.1, 0.15) is 33.3 Å². The average Bonchev–Trinajstić information content (AvgIpc) is 3.31. The molecular formula is C22H27N7O2. The van der Waals surface area contributed by atoms with Crippen molar-refractivity contribution in [2.24, 2.45) is 7.05 Å². The van der Waals surface area contributed by atoms with Crippen molar-refractivity contribution >= 4 is 17.3 Å². The Balaban J connectivity index is 1.68. The molecule has 4 rings (SSSR count). The number of aromatic nitrogens is 4. The predicted octanol–water partition coefficient (Wildman–Crippen LogP) is 3.05. The van der Waals surface area contributed by atoms with E-state index in [1.807, 2.05) is 53.3 Å². The highest BCUT2D eigenvalue weighted by Gasteiger charge is 2.32. The largest absolute Gasteiger partial charge is 0.444 e. The number of hydrogen-bond acceptors (Lipinski definition) is 6. The Morgan fingerprint density at radius 3 is 2.58 bits per heavy atom. The maximum atomic E-state index is 12.6. The quantitative estimate of drug-likeness (QED) is 0.632. The molecule has 0 aliphatic carbocycles. The summed E-state index contributed by atoms with van der Waals surface area (Å²) in [6.45, 7) is 9.42. The van der Waals surface area contributed by atoms with Crippen molar-refractivity contribution < 1.29 is 9.53 Å². The van der Waals surface area contributed by atoms with Gasteiger partial charge < -0.3 is 14.5 Å². The summed E-state index contributed by atoms with van der Waals surface area (Å²) >= 11 is 0. The molecule has 1 atom stereocenters. The van der Waals surface area contributed by atoms with Gasteiger partial charge in [-0.15, -0.1) is 0 Å². The minimum absolute atomic E-state index is 0.0424. The number of nitriles is 1. The number of piperazine rings is 1. The number of hydrogen-bond donors (Lipinski definition) is 0. The number of pyridine rings is 1. The molecule has 0 spiro atoms. The third-order valence-corrected chi connectivity index (χ3v) is 5.35. The topological polar surface area (TPSA) is 91.7 Å². The van der Waals surface area contributed by atoms with Gasteiger partial charge in [-0.25, -0.2) is 9.31 Å². The number of anilines is 1. The maximum Gasteiger partial charge on any atom is 0.410 e. The van der Waals surface area contributed by atoms with Gasteiger partial charge >= 0.3 is 6.09 Å². The van der Waals surface area contributed by atoms with Gasteiger partial charge in [-0.3, -0.25) is 4.68 Å². The van der Waals surface area contributed by atoms with E-state index < -0.39 is 5.60 Å². The molecule has 9 nitrogen and oxygen atoms in total. The second kappa shape index (κ2) is 7.61. The molecule has 1 amide bonds. The third kappa shape index (κ3) is 4.06. The van der Waals surface area contributed by atoms with Crippen LogP contribution in [0.25, 0.3) is 16.6 Å². The smallest absolute Gasteiger partial charge is 0.410 e. The van der Waals surface area contributed by atoms with Crippen LogP contribution in [0.3, 0.4) is 0 Å². The number of ether oxygens (including phenoxy) is 1. The zero-order valence-electron chi connectivity index (χ0n) is 18.5. The molecule has 3 aromatic heterocycles. The van der Waals surface area contributed by atoms with E-state index in [1.165, 1.54) is 0 Å². The number of carbonyl (C=O) groups is 1. The molecule has 0 radical (unpaired) electrons. The Bertz CT molecular complexity index is 1160. The van der Waals surface area contributed by atoms with E-state index in [0.29, 0.717) is 25.2 Å². The van der Waals surface area contributed by atoms with E-state index >= 15 is 0 Å². The average molecular weight is 422 g/mol. The fraction of sp³-hybridized carbons (Fsp3) is 0.455. The zero-order chi connectivity index (χ0) is 22.3. The molecule has 1 unspecified atom stereocenters. The van der Waals surface area contributed by atoms with Crippen LogP contribution in [0.15, 0.2) is 30.9 Å². The van der Waals surface area contributed by atoms with E-state index in [0.717, 1.165) is 22.3 Å². The molecule has 162 valence electrons. The monoisotopic (exact) mass is 421 g/mol. The standard InChI is InChI=1S/C22H27N7O2/c1-15-12-27(6-7-28(15)21(30)31-22(2,3)4)19-8-16(18-11-24-26(5)13-18)14-29-20(19)17(9-23)10-25-29/h8,10-11,13-15H,6-7,12H2,1-5H3. The first-order valence-electron chi connectivity index (χ1n) is 10.3. The molecule has 1 fully saturated rings. The molecule has 9 heteroatoms. The fourth-order valence-corrected chi connectivity index (χ4v) is 3.92. The van der Waals surface area contributed by atoms with Crippen LogP contribution in [0.5, 0.6) is 0 Å². The number of carbonyl (C=O) groups excluding carboxylic acids is 1. The number of rotatable bonds is 2. The highest BCUT2D eigenvalue weighted by Crippen LogP contribution is 2.32. The van der Waals surface area contributed by atoms with Crippen LogP contribution in [0, 0.1) is 11.3 Å². The third-order valence-electron chi connectivity index (χ3n) is 5.35. The van der Waals surface area contributed by atoms with Crippen LogP contribution in [-0.2, 0) is 11.8 Å². The van der Waals surface area contributed by atoms with Crippen LogP contribution in [0.2, 0.25) is 0 Å². The van der Waals surface area contributed by atoms with Crippen molar-refractivity contribution in [1.29, 1.82) is 5.26 Å². The Morgan fingerprint density at radius 2 is 1.97 bits per heavy atom. The Kier molecular flexibility index (Phi) is 5.09. The second-order valence-electron chi connectivity index (χ2n) is 8.95. The van der Waals surface area contributed by atoms with Crippen molar-refractivity contribution in [3.63, 3.8) is 0 Å². The Hall–Kier alpha value is -3.54. The maximum absolute atomic E-state index is 12.6. The number of nitrogens with zero attached hydrogens (tertiary/aromatic N) is 7. The van der Waals surface area contributed by atoms with Gasteiger partial charge in [0.1, 0.15) is 17.2 Å². The van der Waals surface area contributed by atoms with Crippen molar-refractivity contribution in [3.05, 3.63) is 36.4 Å². The highest BCUT2D eigenvalue weighted by molar-refractivity contribution is 5.83. The summed E-state index contributed by atoms with van der Waals surface area (Å²) in [5.41, 5.74) is 3.62. The first-order chi connectivity index (χ1) is 14.7. The number of amides is 1. The lowest BCUT2D eigenvalue weighted by molar-refractivity contribution is 0.0159. The Labute approximate surface area is 181 Å². The molecule has 0 saturated carbocycles. The zero-order valence-corrected chi connectivity index (χ0v) is 18.5. The molecule has 0 N–H and O–H groups in total. The van der Waals surface area contributed by atoms with Crippen molar-refractivity contribution in [2.75, 3.05) is 24.5 Å². The summed E-state index contributed by atoms with van der Waals surface area (Å²) in [6.07, 6.45) is 6.96. The predicted molar refractivity (Wildman–Crippen MR) is 117 cm³/mol. The van der Waals surface area contributed by atoms with Gasteiger partial charge in [-0.1, -0.05) is 0 Å². The van der Waals surface area contributed by atoms with Crippen LogP contribution < -0.4 is 4.90 Å². The van der Waals surface area contributed by atoms with Gasteiger partial charge in [0.25, 0.3) is 0 Å². The van der Waals surface area contributed by atoms with Gasteiger partial charge in [0, 0.05) is 56.2 Å². The summed E-state index contributed by atoms with van der Waals surface area (Å²) in [5, 5.41) is 18.3. The Morgan fingerprint density at radius 1 is 1.19 bits per heavy atom. The van der Waals surface area contributed by atoms with Gasteiger partial charge in [-0.2, -0.15) is 15.5 Å². The second-order valence-corrected chi connectivity index (χ2v) is 8.95. The van der Waals surface area contributed by atoms with E-state index in [4.69, 9.17) is 4.74 Å². The molecular weight excluding hydrogens is 394 g/mol. The minimum Gasteiger partial charge on any atom is -0.444 e. The van der Waals surface area contributed by atoms with E-state index in [9.17, 15) is 10.1 Å². The van der Waals surface area contributed by atoms with Crippen LogP contribution >= 0.6 is 0 Å². The lowest BCUT2D eigenvalue weighted by Gasteiger charge is -2.41. The number of fused-ring (bicyclic) bond motifs is 1. The molecule has 1 aliphatic rings. The van der Waals surface area contributed by atoms with E-state index in [-0.39, 0.29) is 12.1 Å². The molecule has 1 aliphatic heterocycles. The van der Waals surface area contributed by atoms with E-state index in [1.54, 1.807) is 20.3 Å². The minimum atomic E-state index is -0.530.